The van der Waals surface area contributed by atoms with Crippen molar-refractivity contribution in [3.8, 4) is 11.1 Å². The van der Waals surface area contributed by atoms with Crippen molar-refractivity contribution in [1.29, 1.82) is 0 Å². The molecule has 0 fully saturated rings. The quantitative estimate of drug-likeness (QED) is 0.141. The second-order valence-corrected chi connectivity index (χ2v) is 22.0. The van der Waals surface area contributed by atoms with Gasteiger partial charge in [0.1, 0.15) is 0 Å². The first-order chi connectivity index (χ1) is 36.3. The van der Waals surface area contributed by atoms with Gasteiger partial charge in [-0.25, -0.2) is 0 Å². The summed E-state index contributed by atoms with van der Waals surface area (Å²) in [5.41, 5.74) is 31.0. The number of anilines is 12. The number of nitrogens with zero attached hydrogens (tertiary/aromatic N) is 4. The Labute approximate surface area is 443 Å². The minimum absolute atomic E-state index is 0.137. The summed E-state index contributed by atoms with van der Waals surface area (Å²) in [7, 11) is 0. The molecule has 5 heteroatoms. The first kappa shape index (κ1) is 46.3. The van der Waals surface area contributed by atoms with Crippen LogP contribution >= 0.6 is 0 Å². The normalized spacial score (nSPS) is 13.4. The summed E-state index contributed by atoms with van der Waals surface area (Å²) in [6, 6.07) is 78.6. The average Bonchev–Trinajstić information content (AvgIpc) is 3.96. The third kappa shape index (κ3) is 7.50. The van der Waals surface area contributed by atoms with Crippen LogP contribution in [0.1, 0.15) is 63.9 Å². The van der Waals surface area contributed by atoms with E-state index in [1.165, 1.54) is 94.6 Å². The van der Waals surface area contributed by atoms with Gasteiger partial charge in [-0.15, -0.1) is 0 Å². The largest absolute Gasteiger partial charge is 0.311 e. The highest BCUT2D eigenvalue weighted by molar-refractivity contribution is 7.00. The molecule has 3 aliphatic rings. The third-order valence-electron chi connectivity index (χ3n) is 16.2. The maximum Gasteiger partial charge on any atom is 0.252 e. The summed E-state index contributed by atoms with van der Waals surface area (Å²) in [6.45, 7) is 20.1. The number of hydrogen-bond acceptors (Lipinski definition) is 4. The van der Waals surface area contributed by atoms with Crippen molar-refractivity contribution < 1.29 is 0 Å². The van der Waals surface area contributed by atoms with Crippen LogP contribution in [0.3, 0.4) is 0 Å². The molecule has 13 rings (SSSR count). The maximum absolute atomic E-state index is 2.65. The molecule has 0 aromatic heterocycles. The van der Waals surface area contributed by atoms with Gasteiger partial charge >= 0.3 is 0 Å². The van der Waals surface area contributed by atoms with Gasteiger partial charge < -0.3 is 19.6 Å². The Morgan fingerprint density at radius 3 is 1.29 bits per heavy atom. The van der Waals surface area contributed by atoms with Gasteiger partial charge in [0.25, 0.3) is 6.71 Å². The van der Waals surface area contributed by atoms with Crippen LogP contribution in [0.4, 0.5) is 68.2 Å². The van der Waals surface area contributed by atoms with Crippen LogP contribution in [0.2, 0.25) is 0 Å². The van der Waals surface area contributed by atoms with Gasteiger partial charge in [-0.3, -0.25) is 0 Å². The smallest absolute Gasteiger partial charge is 0.252 e. The molecule has 10 aromatic carbocycles. The first-order valence-corrected chi connectivity index (χ1v) is 26.5. The van der Waals surface area contributed by atoms with E-state index in [1.54, 1.807) is 0 Å². The molecular weight excluding hydrogens is 908 g/mol. The lowest BCUT2D eigenvalue weighted by Gasteiger charge is -2.47. The highest BCUT2D eigenvalue weighted by Crippen LogP contribution is 2.60. The number of rotatable bonds is 8. The zero-order valence-corrected chi connectivity index (χ0v) is 44.5. The van der Waals surface area contributed by atoms with E-state index in [1.807, 2.05) is 0 Å². The lowest BCUT2D eigenvalue weighted by molar-refractivity contribution is 0.661. The molecule has 75 heavy (non-hydrogen) atoms. The van der Waals surface area contributed by atoms with Crippen molar-refractivity contribution in [2.75, 3.05) is 19.6 Å². The molecule has 0 bridgehead atoms. The minimum atomic E-state index is -0.368. The number of benzene rings is 10. The van der Waals surface area contributed by atoms with Crippen LogP contribution < -0.4 is 36.0 Å². The van der Waals surface area contributed by atoms with Gasteiger partial charge in [0, 0.05) is 56.6 Å². The summed E-state index contributed by atoms with van der Waals surface area (Å²) >= 11 is 0. The Bertz CT molecular complexity index is 3770. The van der Waals surface area contributed by atoms with E-state index < -0.39 is 0 Å². The zero-order valence-electron chi connectivity index (χ0n) is 44.5. The van der Waals surface area contributed by atoms with Crippen LogP contribution in [0.5, 0.6) is 0 Å². The van der Waals surface area contributed by atoms with E-state index in [9.17, 15) is 0 Å². The number of fused-ring (bicyclic) bond motifs is 7. The van der Waals surface area contributed by atoms with E-state index in [0.29, 0.717) is 0 Å². The molecule has 0 spiro atoms. The fraction of sp³-hybridized carbons (Fsp3) is 0.143. The minimum Gasteiger partial charge on any atom is -0.311 e. The van der Waals surface area contributed by atoms with E-state index >= 15 is 0 Å². The average molecular weight is 969 g/mol. The lowest BCUT2D eigenvalue weighted by atomic mass is 9.33. The number of hydrogen-bond donors (Lipinski definition) is 0. The third-order valence-corrected chi connectivity index (χ3v) is 16.2. The zero-order chi connectivity index (χ0) is 51.4. The van der Waals surface area contributed by atoms with E-state index in [0.717, 1.165) is 51.2 Å². The molecule has 0 amide bonds. The number of aryl methyl sites for hydroxylation is 7. The van der Waals surface area contributed by atoms with Gasteiger partial charge in [-0.1, -0.05) is 168 Å². The molecule has 0 saturated carbocycles. The molecule has 2 aliphatic heterocycles. The Balaban J connectivity index is 1.24. The summed E-state index contributed by atoms with van der Waals surface area (Å²) in [6.07, 6.45) is 0. The molecule has 0 radical (unpaired) electrons. The Morgan fingerprint density at radius 2 is 0.787 bits per heavy atom. The van der Waals surface area contributed by atoms with Gasteiger partial charge in [0.2, 0.25) is 0 Å². The molecule has 10 aromatic rings. The van der Waals surface area contributed by atoms with E-state index in [2.05, 4.69) is 288 Å². The first-order valence-electron chi connectivity index (χ1n) is 26.5. The molecule has 4 nitrogen and oxygen atoms in total. The Morgan fingerprint density at radius 1 is 0.360 bits per heavy atom. The fourth-order valence-electron chi connectivity index (χ4n) is 12.4. The molecule has 0 N–H and O–H groups in total. The molecular formula is C70H61BN4. The van der Waals surface area contributed by atoms with Crippen LogP contribution in [0.25, 0.3) is 11.1 Å². The van der Waals surface area contributed by atoms with E-state index in [-0.39, 0.29) is 12.1 Å². The summed E-state index contributed by atoms with van der Waals surface area (Å²) in [4.78, 5) is 10.2. The van der Waals surface area contributed by atoms with Crippen molar-refractivity contribution in [3.63, 3.8) is 0 Å². The van der Waals surface area contributed by atoms with Crippen molar-refractivity contribution >= 4 is 91.3 Å². The maximum atomic E-state index is 2.65. The SMILES string of the molecule is Cc1ccc(N(c2ccc(C)cc2)c2cc3c4c(c2)N(c2ccc(C)cc2)c2c(cc5c(c2N(c2ccc(C)cc2)c2ccc(C)cc2)C(C)(C)c2ccccc2-5)B4c2cc(C)ccc2N3c2ccc(C)cc2)cc1. The van der Waals surface area contributed by atoms with Crippen molar-refractivity contribution in [3.05, 3.63) is 256 Å². The van der Waals surface area contributed by atoms with Crippen LogP contribution in [0.15, 0.2) is 206 Å². The van der Waals surface area contributed by atoms with Gasteiger partial charge in [0.15, 0.2) is 0 Å². The molecule has 0 atom stereocenters. The topological polar surface area (TPSA) is 13.0 Å². The van der Waals surface area contributed by atoms with Crippen LogP contribution in [0, 0.1) is 48.5 Å². The highest BCUT2D eigenvalue weighted by atomic mass is 15.2. The molecule has 1 aliphatic carbocycles. The van der Waals surface area contributed by atoms with Gasteiger partial charge in [0.05, 0.1) is 17.1 Å². The Hall–Kier alpha value is -8.54. The Kier molecular flexibility index (Phi) is 10.8. The molecule has 364 valence electrons. The van der Waals surface area contributed by atoms with Crippen LogP contribution in [-0.2, 0) is 5.41 Å². The van der Waals surface area contributed by atoms with Gasteiger partial charge in [-0.2, -0.15) is 0 Å². The second-order valence-electron chi connectivity index (χ2n) is 22.0. The fourth-order valence-corrected chi connectivity index (χ4v) is 12.4. The lowest BCUT2D eigenvalue weighted by Crippen LogP contribution is -2.61. The van der Waals surface area contributed by atoms with Gasteiger partial charge in [-0.05, 0) is 178 Å². The monoisotopic (exact) mass is 968 g/mol. The summed E-state index contributed by atoms with van der Waals surface area (Å²) in [5, 5.41) is 0. The van der Waals surface area contributed by atoms with E-state index in [4.69, 9.17) is 0 Å². The molecule has 2 heterocycles. The predicted molar refractivity (Wildman–Crippen MR) is 321 cm³/mol. The molecule has 0 unspecified atom stereocenters. The summed E-state index contributed by atoms with van der Waals surface area (Å²) < 4.78 is 0. The summed E-state index contributed by atoms with van der Waals surface area (Å²) in [5.74, 6) is 0. The van der Waals surface area contributed by atoms with Crippen molar-refractivity contribution in [1.82, 2.24) is 0 Å². The second kappa shape index (κ2) is 17.6. The highest BCUT2D eigenvalue weighted by Gasteiger charge is 2.49. The standard InChI is InChI=1S/C70H61BN4/c1-44-14-27-51(28-15-44)72(52-29-16-45(2)17-30-52)57-41-64-67-65(42-57)75(56-37-24-49(6)25-38-56)68-62(71(67)61-40-50(7)26-39-63(61)74(64)55-35-22-48(5)23-36-55)43-59-58-12-10-11-13-60(58)70(8,9)66(59)69(68)73(53-31-18-46(3)19-32-53)54-33-20-47(4)21-34-54/h10-43H,1-9H3. The predicted octanol–water partition coefficient (Wildman–Crippen LogP) is 17.2. The van der Waals surface area contributed by atoms with Crippen molar-refractivity contribution in [2.24, 2.45) is 0 Å². The van der Waals surface area contributed by atoms with Crippen LogP contribution in [-0.4, -0.2) is 6.71 Å². The van der Waals surface area contributed by atoms with Crippen molar-refractivity contribution in [2.45, 2.75) is 67.7 Å². The molecule has 0 saturated heterocycles.